The van der Waals surface area contributed by atoms with Gasteiger partial charge in [0, 0.05) is 30.2 Å². The molecule has 2 rings (SSSR count). The van der Waals surface area contributed by atoms with Crippen LogP contribution in [0.3, 0.4) is 0 Å². The van der Waals surface area contributed by atoms with Crippen molar-refractivity contribution >= 4 is 12.1 Å². The number of carboxylic acids is 1. The van der Waals surface area contributed by atoms with E-state index in [0.29, 0.717) is 33.9 Å². The smallest absolute Gasteiger partial charge is 0.410 e. The molecule has 1 N–H and O–H groups in total. The Balaban J connectivity index is 2.51. The lowest BCUT2D eigenvalue weighted by molar-refractivity contribution is -0.142. The third-order valence-corrected chi connectivity index (χ3v) is 5.92. The van der Waals surface area contributed by atoms with Gasteiger partial charge in [-0.3, -0.25) is 4.90 Å². The summed E-state index contributed by atoms with van der Waals surface area (Å²) in [6.45, 7) is 7.29. The van der Waals surface area contributed by atoms with E-state index in [1.165, 1.54) is 28.4 Å². The SMILES string of the molecule is COc1ccc(COCc2c(C[C@H](C(=O)O)N(C)C(=O)OC(C)(C)C)c(OC)c(C)c(OC)c2OC)cc1. The zero-order valence-corrected chi connectivity index (χ0v) is 23.7. The average Bonchev–Trinajstić information content (AvgIpc) is 2.86. The molecular formula is C28H39NO9. The van der Waals surface area contributed by atoms with E-state index in [4.69, 9.17) is 28.4 Å². The van der Waals surface area contributed by atoms with Gasteiger partial charge in [0.05, 0.1) is 41.7 Å². The van der Waals surface area contributed by atoms with Crippen LogP contribution < -0.4 is 18.9 Å². The molecule has 10 heteroatoms. The average molecular weight is 534 g/mol. The first kappa shape index (κ1) is 30.6. The Kier molecular flexibility index (Phi) is 10.6. The first-order valence-corrected chi connectivity index (χ1v) is 12.1. The number of carbonyl (C=O) groups excluding carboxylic acids is 1. The Morgan fingerprint density at radius 1 is 0.868 bits per heavy atom. The maximum Gasteiger partial charge on any atom is 0.410 e. The van der Waals surface area contributed by atoms with Gasteiger partial charge in [-0.2, -0.15) is 0 Å². The number of carbonyl (C=O) groups is 2. The lowest BCUT2D eigenvalue weighted by Gasteiger charge is -2.30. The van der Waals surface area contributed by atoms with Crippen LogP contribution in [0.1, 0.15) is 43.0 Å². The summed E-state index contributed by atoms with van der Waals surface area (Å²) in [5.41, 5.74) is 1.85. The number of amides is 1. The second kappa shape index (κ2) is 13.2. The third-order valence-electron chi connectivity index (χ3n) is 5.92. The number of carboxylic acid groups (broad SMARTS) is 1. The van der Waals surface area contributed by atoms with Crippen molar-refractivity contribution in [3.05, 3.63) is 46.5 Å². The molecule has 10 nitrogen and oxygen atoms in total. The van der Waals surface area contributed by atoms with Crippen molar-refractivity contribution in [1.29, 1.82) is 0 Å². The van der Waals surface area contributed by atoms with Gasteiger partial charge >= 0.3 is 12.1 Å². The zero-order chi connectivity index (χ0) is 28.6. The Hall–Kier alpha value is -3.66. The van der Waals surface area contributed by atoms with Crippen molar-refractivity contribution in [3.8, 4) is 23.0 Å². The van der Waals surface area contributed by atoms with E-state index in [9.17, 15) is 14.7 Å². The fourth-order valence-corrected chi connectivity index (χ4v) is 4.05. The number of methoxy groups -OCH3 is 4. The standard InChI is InChI=1S/C28H39NO9/c1-17-23(34-7)20(14-22(26(30)31)29(5)27(32)38-28(2,3)4)21(25(36-9)24(17)35-8)16-37-15-18-10-12-19(33-6)13-11-18/h10-13,22H,14-16H2,1-9H3,(H,30,31)/t22-/m1/s1. The predicted molar refractivity (Wildman–Crippen MR) is 141 cm³/mol. The molecule has 0 fully saturated rings. The van der Waals surface area contributed by atoms with Crippen molar-refractivity contribution in [3.63, 3.8) is 0 Å². The Morgan fingerprint density at radius 2 is 1.45 bits per heavy atom. The van der Waals surface area contributed by atoms with Crippen LogP contribution in [0.25, 0.3) is 0 Å². The molecule has 0 spiro atoms. The molecule has 2 aromatic carbocycles. The minimum Gasteiger partial charge on any atom is -0.497 e. The van der Waals surface area contributed by atoms with E-state index < -0.39 is 23.7 Å². The molecular weight excluding hydrogens is 494 g/mol. The Morgan fingerprint density at radius 3 is 1.92 bits per heavy atom. The number of hydrogen-bond acceptors (Lipinski definition) is 8. The number of ether oxygens (including phenoxy) is 6. The van der Waals surface area contributed by atoms with E-state index >= 15 is 0 Å². The molecule has 0 aliphatic heterocycles. The molecule has 38 heavy (non-hydrogen) atoms. The first-order chi connectivity index (χ1) is 17.9. The van der Waals surface area contributed by atoms with Crippen LogP contribution in [0.4, 0.5) is 4.79 Å². The molecule has 210 valence electrons. The lowest BCUT2D eigenvalue weighted by atomic mass is 9.94. The molecule has 0 aromatic heterocycles. The van der Waals surface area contributed by atoms with Gasteiger partial charge in [0.1, 0.15) is 23.1 Å². The van der Waals surface area contributed by atoms with Gasteiger partial charge in [0.15, 0.2) is 11.5 Å². The molecule has 0 unspecified atom stereocenters. The van der Waals surface area contributed by atoms with Crippen molar-refractivity contribution in [2.75, 3.05) is 35.5 Å². The zero-order valence-electron chi connectivity index (χ0n) is 23.7. The molecule has 1 atom stereocenters. The number of rotatable bonds is 12. The van der Waals surface area contributed by atoms with Gasteiger partial charge in [-0.15, -0.1) is 0 Å². The van der Waals surface area contributed by atoms with E-state index in [1.807, 2.05) is 24.3 Å². The summed E-state index contributed by atoms with van der Waals surface area (Å²) in [6, 6.07) is 6.21. The van der Waals surface area contributed by atoms with Gasteiger partial charge in [-0.25, -0.2) is 9.59 Å². The molecule has 2 aromatic rings. The van der Waals surface area contributed by atoms with Crippen molar-refractivity contribution in [2.45, 2.75) is 59.0 Å². The highest BCUT2D eigenvalue weighted by molar-refractivity contribution is 5.81. The number of benzene rings is 2. The number of likely N-dealkylation sites (N-methyl/N-ethyl adjacent to an activating group) is 1. The van der Waals surface area contributed by atoms with E-state index in [-0.39, 0.29) is 19.6 Å². The molecule has 0 saturated carbocycles. The van der Waals surface area contributed by atoms with Gasteiger partial charge in [-0.05, 0) is 45.4 Å². The highest BCUT2D eigenvalue weighted by Gasteiger charge is 2.34. The molecule has 0 bridgehead atoms. The summed E-state index contributed by atoms with van der Waals surface area (Å²) in [4.78, 5) is 26.2. The minimum atomic E-state index is -1.25. The van der Waals surface area contributed by atoms with Crippen LogP contribution in [-0.2, 0) is 33.9 Å². The highest BCUT2D eigenvalue weighted by Crippen LogP contribution is 2.45. The fourth-order valence-electron chi connectivity index (χ4n) is 4.05. The van der Waals surface area contributed by atoms with Crippen LogP contribution in [-0.4, -0.2) is 69.2 Å². The van der Waals surface area contributed by atoms with Gasteiger partial charge in [-0.1, -0.05) is 12.1 Å². The summed E-state index contributed by atoms with van der Waals surface area (Å²) < 4.78 is 33.7. The Labute approximate surface area is 224 Å². The van der Waals surface area contributed by atoms with E-state index in [2.05, 4.69) is 0 Å². The number of nitrogens with zero attached hydrogens (tertiary/aromatic N) is 1. The molecule has 0 radical (unpaired) electrons. The van der Waals surface area contributed by atoms with E-state index in [1.54, 1.807) is 34.8 Å². The van der Waals surface area contributed by atoms with Crippen LogP contribution >= 0.6 is 0 Å². The highest BCUT2D eigenvalue weighted by atomic mass is 16.6. The summed E-state index contributed by atoms with van der Waals surface area (Å²) >= 11 is 0. The van der Waals surface area contributed by atoms with Gasteiger partial charge in [0.2, 0.25) is 0 Å². The summed E-state index contributed by atoms with van der Waals surface area (Å²) in [6.07, 6.45) is -0.838. The summed E-state index contributed by atoms with van der Waals surface area (Å²) in [5.74, 6) is 0.815. The second-order valence-corrected chi connectivity index (χ2v) is 9.67. The summed E-state index contributed by atoms with van der Waals surface area (Å²) in [7, 11) is 7.51. The van der Waals surface area contributed by atoms with Crippen molar-refractivity contribution < 1.29 is 43.1 Å². The first-order valence-electron chi connectivity index (χ1n) is 12.1. The second-order valence-electron chi connectivity index (χ2n) is 9.67. The Bertz CT molecular complexity index is 1110. The molecule has 0 aliphatic rings. The maximum absolute atomic E-state index is 12.7. The quantitative estimate of drug-likeness (QED) is 0.418. The van der Waals surface area contributed by atoms with Gasteiger partial charge < -0.3 is 33.5 Å². The number of hydrogen-bond donors (Lipinski definition) is 1. The van der Waals surface area contributed by atoms with Crippen molar-refractivity contribution in [1.82, 2.24) is 4.90 Å². The normalized spacial score (nSPS) is 11.9. The summed E-state index contributed by atoms with van der Waals surface area (Å²) in [5, 5.41) is 10.1. The van der Waals surface area contributed by atoms with Crippen LogP contribution in [0, 0.1) is 6.92 Å². The maximum atomic E-state index is 12.7. The monoisotopic (exact) mass is 533 g/mol. The molecule has 1 amide bonds. The molecule has 0 heterocycles. The van der Waals surface area contributed by atoms with Gasteiger partial charge in [0.25, 0.3) is 0 Å². The topological polar surface area (TPSA) is 113 Å². The number of aliphatic carboxylic acids is 1. The van der Waals surface area contributed by atoms with E-state index in [0.717, 1.165) is 16.2 Å². The minimum absolute atomic E-state index is 0.0695. The fraction of sp³-hybridized carbons (Fsp3) is 0.500. The molecule has 0 saturated heterocycles. The lowest BCUT2D eigenvalue weighted by Crippen LogP contribution is -2.46. The van der Waals surface area contributed by atoms with Crippen LogP contribution in [0.15, 0.2) is 24.3 Å². The third kappa shape index (κ3) is 7.44. The molecule has 0 aliphatic carbocycles. The predicted octanol–water partition coefficient (Wildman–Crippen LogP) is 4.61. The largest absolute Gasteiger partial charge is 0.497 e. The van der Waals surface area contributed by atoms with Crippen LogP contribution in [0.5, 0.6) is 23.0 Å². The van der Waals surface area contributed by atoms with Crippen LogP contribution in [0.2, 0.25) is 0 Å². The van der Waals surface area contributed by atoms with Crippen molar-refractivity contribution in [2.24, 2.45) is 0 Å².